The summed E-state index contributed by atoms with van der Waals surface area (Å²) in [6.07, 6.45) is 0.635. The molecule has 0 aliphatic heterocycles. The fourth-order valence-electron chi connectivity index (χ4n) is 1.61. The van der Waals surface area contributed by atoms with Gasteiger partial charge in [0.2, 0.25) is 0 Å². The summed E-state index contributed by atoms with van der Waals surface area (Å²) in [5.74, 6) is 0.291. The Morgan fingerprint density at radius 2 is 2.05 bits per heavy atom. The molecule has 0 fully saturated rings. The van der Waals surface area contributed by atoms with Crippen molar-refractivity contribution in [2.24, 2.45) is 0 Å². The van der Waals surface area contributed by atoms with E-state index in [-0.39, 0.29) is 24.1 Å². The fraction of sp³-hybridized carbons (Fsp3) is 0.538. The van der Waals surface area contributed by atoms with Gasteiger partial charge >= 0.3 is 6.61 Å². The van der Waals surface area contributed by atoms with Crippen LogP contribution in [-0.4, -0.2) is 31.5 Å². The number of hydrogen-bond donors (Lipinski definition) is 2. The molecule has 0 saturated heterocycles. The second-order valence-electron chi connectivity index (χ2n) is 4.16. The minimum atomic E-state index is -2.88. The second-order valence-corrected chi connectivity index (χ2v) is 4.16. The first-order valence-corrected chi connectivity index (χ1v) is 6.02. The van der Waals surface area contributed by atoms with Crippen molar-refractivity contribution >= 4 is 0 Å². The molecule has 0 bridgehead atoms. The molecule has 2 N–H and O–H groups in total. The number of methoxy groups -OCH3 is 1. The number of benzene rings is 1. The molecule has 4 nitrogen and oxygen atoms in total. The summed E-state index contributed by atoms with van der Waals surface area (Å²) in [5, 5.41) is 12.0. The Balaban J connectivity index is 2.69. The van der Waals surface area contributed by atoms with Crippen molar-refractivity contribution in [2.75, 3.05) is 13.7 Å². The van der Waals surface area contributed by atoms with Gasteiger partial charge in [0.25, 0.3) is 0 Å². The van der Waals surface area contributed by atoms with Gasteiger partial charge in [-0.05, 0) is 31.0 Å². The topological polar surface area (TPSA) is 50.7 Å². The highest BCUT2D eigenvalue weighted by atomic mass is 19.3. The molecule has 1 unspecified atom stereocenters. The van der Waals surface area contributed by atoms with Crippen LogP contribution in [0.5, 0.6) is 11.5 Å². The van der Waals surface area contributed by atoms with Crippen molar-refractivity contribution in [2.45, 2.75) is 32.5 Å². The summed E-state index contributed by atoms with van der Waals surface area (Å²) in [6, 6.07) is 5.02. The van der Waals surface area contributed by atoms with Gasteiger partial charge in [-0.25, -0.2) is 0 Å². The van der Waals surface area contributed by atoms with E-state index in [1.165, 1.54) is 13.2 Å². The lowest BCUT2D eigenvalue weighted by atomic mass is 10.1. The average molecular weight is 275 g/mol. The molecule has 0 amide bonds. The summed E-state index contributed by atoms with van der Waals surface area (Å²) in [7, 11) is 1.40. The van der Waals surface area contributed by atoms with E-state index in [0.29, 0.717) is 13.0 Å². The Morgan fingerprint density at radius 1 is 1.32 bits per heavy atom. The molecular formula is C13H19F2NO3. The second kappa shape index (κ2) is 7.91. The van der Waals surface area contributed by atoms with Gasteiger partial charge in [-0.2, -0.15) is 8.78 Å². The van der Waals surface area contributed by atoms with E-state index in [2.05, 4.69) is 10.1 Å². The van der Waals surface area contributed by atoms with Crippen LogP contribution in [0, 0.1) is 0 Å². The predicted octanol–water partition coefficient (Wildman–Crippen LogP) is 2.16. The zero-order valence-corrected chi connectivity index (χ0v) is 11.0. The minimum Gasteiger partial charge on any atom is -0.493 e. The van der Waals surface area contributed by atoms with Gasteiger partial charge in [-0.1, -0.05) is 6.07 Å². The van der Waals surface area contributed by atoms with E-state index >= 15 is 0 Å². The highest BCUT2D eigenvalue weighted by Crippen LogP contribution is 2.29. The number of rotatable bonds is 8. The van der Waals surface area contributed by atoms with Crippen LogP contribution in [0.25, 0.3) is 0 Å². The molecule has 1 atom stereocenters. The summed E-state index contributed by atoms with van der Waals surface area (Å²) in [6.45, 7) is -0.331. The molecule has 0 saturated carbocycles. The van der Waals surface area contributed by atoms with Gasteiger partial charge in [0.05, 0.1) is 7.11 Å². The molecular weight excluding hydrogens is 256 g/mol. The minimum absolute atomic E-state index is 0.0200. The Labute approximate surface area is 111 Å². The van der Waals surface area contributed by atoms with Crippen LogP contribution in [0.15, 0.2) is 18.2 Å². The maximum Gasteiger partial charge on any atom is 0.387 e. The molecule has 0 aliphatic rings. The van der Waals surface area contributed by atoms with Crippen LogP contribution in [0.2, 0.25) is 0 Å². The predicted molar refractivity (Wildman–Crippen MR) is 67.6 cm³/mol. The highest BCUT2D eigenvalue weighted by molar-refractivity contribution is 5.42. The first kappa shape index (κ1) is 15.7. The number of halogens is 2. The smallest absolute Gasteiger partial charge is 0.387 e. The van der Waals surface area contributed by atoms with E-state index in [0.717, 1.165) is 5.56 Å². The van der Waals surface area contributed by atoms with Crippen molar-refractivity contribution in [1.29, 1.82) is 0 Å². The van der Waals surface area contributed by atoms with Gasteiger partial charge in [0.1, 0.15) is 0 Å². The van der Waals surface area contributed by atoms with E-state index < -0.39 is 6.61 Å². The van der Waals surface area contributed by atoms with E-state index in [1.807, 2.05) is 6.92 Å². The third-order valence-electron chi connectivity index (χ3n) is 2.66. The Bertz CT molecular complexity index is 388. The molecule has 0 aliphatic carbocycles. The first-order chi connectivity index (χ1) is 9.06. The molecule has 1 aromatic rings. The van der Waals surface area contributed by atoms with Gasteiger partial charge in [0, 0.05) is 19.2 Å². The Morgan fingerprint density at radius 3 is 2.63 bits per heavy atom. The number of aliphatic hydroxyl groups is 1. The maximum atomic E-state index is 12.3. The van der Waals surface area contributed by atoms with Crippen LogP contribution in [-0.2, 0) is 6.54 Å². The average Bonchev–Trinajstić information content (AvgIpc) is 2.36. The van der Waals surface area contributed by atoms with Gasteiger partial charge in [-0.3, -0.25) is 0 Å². The van der Waals surface area contributed by atoms with Crippen LogP contribution >= 0.6 is 0 Å². The van der Waals surface area contributed by atoms with Crippen LogP contribution < -0.4 is 14.8 Å². The van der Waals surface area contributed by atoms with Gasteiger partial charge in [0.15, 0.2) is 11.5 Å². The van der Waals surface area contributed by atoms with E-state index in [9.17, 15) is 8.78 Å². The van der Waals surface area contributed by atoms with Crippen LogP contribution in [0.3, 0.4) is 0 Å². The Kier molecular flexibility index (Phi) is 6.52. The van der Waals surface area contributed by atoms with Gasteiger partial charge < -0.3 is 19.9 Å². The summed E-state index contributed by atoms with van der Waals surface area (Å²) < 4.78 is 33.9. The normalized spacial score (nSPS) is 12.5. The molecule has 1 aromatic carbocycles. The first-order valence-electron chi connectivity index (χ1n) is 6.02. The van der Waals surface area contributed by atoms with E-state index in [1.54, 1.807) is 12.1 Å². The lowest BCUT2D eigenvalue weighted by Crippen LogP contribution is -2.26. The van der Waals surface area contributed by atoms with Gasteiger partial charge in [-0.15, -0.1) is 0 Å². The van der Waals surface area contributed by atoms with E-state index in [4.69, 9.17) is 9.84 Å². The lowest BCUT2D eigenvalue weighted by Gasteiger charge is -2.14. The molecule has 108 valence electrons. The fourth-order valence-corrected chi connectivity index (χ4v) is 1.61. The summed E-state index contributed by atoms with van der Waals surface area (Å²) >= 11 is 0. The number of nitrogens with one attached hydrogen (secondary N) is 1. The maximum absolute atomic E-state index is 12.3. The molecule has 6 heteroatoms. The monoisotopic (exact) mass is 275 g/mol. The number of aliphatic hydroxyl groups excluding tert-OH is 1. The zero-order chi connectivity index (χ0) is 14.3. The number of hydrogen-bond acceptors (Lipinski definition) is 4. The van der Waals surface area contributed by atoms with Crippen molar-refractivity contribution < 1.29 is 23.4 Å². The lowest BCUT2D eigenvalue weighted by molar-refractivity contribution is -0.0512. The Hall–Kier alpha value is -1.40. The molecule has 1 rings (SSSR count). The SMILES string of the molecule is COc1ccc(CNC(C)CCO)cc1OC(F)F. The standard InChI is InChI=1S/C13H19F2NO3/c1-9(5-6-17)16-8-10-3-4-11(18-2)12(7-10)19-13(14)15/h3-4,7,9,13,16-17H,5-6,8H2,1-2H3. The van der Waals surface area contributed by atoms with Crippen molar-refractivity contribution in [3.63, 3.8) is 0 Å². The van der Waals surface area contributed by atoms with Crippen molar-refractivity contribution in [3.05, 3.63) is 23.8 Å². The summed E-state index contributed by atoms with van der Waals surface area (Å²) in [5.41, 5.74) is 0.807. The third kappa shape index (κ3) is 5.40. The van der Waals surface area contributed by atoms with Crippen molar-refractivity contribution in [3.8, 4) is 11.5 Å². The molecule has 0 heterocycles. The molecule has 0 radical (unpaired) electrons. The highest BCUT2D eigenvalue weighted by Gasteiger charge is 2.11. The quantitative estimate of drug-likeness (QED) is 0.763. The van der Waals surface area contributed by atoms with Crippen molar-refractivity contribution in [1.82, 2.24) is 5.32 Å². The zero-order valence-electron chi connectivity index (χ0n) is 11.0. The summed E-state index contributed by atoms with van der Waals surface area (Å²) in [4.78, 5) is 0. The molecule has 19 heavy (non-hydrogen) atoms. The molecule has 0 aromatic heterocycles. The number of ether oxygens (including phenoxy) is 2. The van der Waals surface area contributed by atoms with Crippen LogP contribution in [0.1, 0.15) is 18.9 Å². The molecule has 0 spiro atoms. The van der Waals surface area contributed by atoms with Crippen LogP contribution in [0.4, 0.5) is 8.78 Å². The number of alkyl halides is 2. The third-order valence-corrected chi connectivity index (χ3v) is 2.66. The largest absolute Gasteiger partial charge is 0.493 e.